The lowest BCUT2D eigenvalue weighted by Crippen LogP contribution is -2.19. The van der Waals surface area contributed by atoms with Crippen molar-refractivity contribution in [2.75, 3.05) is 5.32 Å². The maximum absolute atomic E-state index is 12.5. The first kappa shape index (κ1) is 18.1. The number of thiophene rings is 1. The summed E-state index contributed by atoms with van der Waals surface area (Å²) >= 11 is 1.14. The minimum Gasteiger partial charge on any atom is -0.365 e. The van der Waals surface area contributed by atoms with Crippen LogP contribution in [0, 0.1) is 23.7 Å². The van der Waals surface area contributed by atoms with E-state index in [9.17, 15) is 14.9 Å². The van der Waals surface area contributed by atoms with Gasteiger partial charge in [-0.25, -0.2) is 0 Å². The zero-order chi connectivity index (χ0) is 19.6. The van der Waals surface area contributed by atoms with Crippen molar-refractivity contribution in [3.8, 4) is 6.07 Å². The summed E-state index contributed by atoms with van der Waals surface area (Å²) in [7, 11) is 0. The highest BCUT2D eigenvalue weighted by atomic mass is 32.1. The van der Waals surface area contributed by atoms with Gasteiger partial charge in [0.05, 0.1) is 21.8 Å². The molecular formula is C19H15N5O2S. The molecule has 5 N–H and O–H groups in total. The number of amides is 1. The van der Waals surface area contributed by atoms with Gasteiger partial charge in [0.15, 0.2) is 0 Å². The summed E-state index contributed by atoms with van der Waals surface area (Å²) in [6.07, 6.45) is 1.29. The highest BCUT2D eigenvalue weighted by Crippen LogP contribution is 2.26. The second kappa shape index (κ2) is 7.27. The van der Waals surface area contributed by atoms with Crippen LogP contribution in [0.3, 0.4) is 0 Å². The number of aryl methyl sites for hydroxylation is 1. The van der Waals surface area contributed by atoms with E-state index in [2.05, 4.69) is 10.3 Å². The number of hydrogen-bond acceptors (Lipinski definition) is 6. The van der Waals surface area contributed by atoms with Crippen molar-refractivity contribution in [1.82, 2.24) is 4.98 Å². The van der Waals surface area contributed by atoms with Gasteiger partial charge in [0, 0.05) is 22.7 Å². The molecule has 0 bridgehead atoms. The third kappa shape index (κ3) is 3.49. The van der Waals surface area contributed by atoms with Gasteiger partial charge < -0.3 is 16.0 Å². The molecule has 2 heterocycles. The molecule has 0 aliphatic rings. The summed E-state index contributed by atoms with van der Waals surface area (Å²) in [4.78, 5) is 26.6. The second-order valence-electron chi connectivity index (χ2n) is 5.77. The molecule has 27 heavy (non-hydrogen) atoms. The molecule has 2 aromatic heterocycles. The third-order valence-corrected chi connectivity index (χ3v) is 4.94. The molecule has 0 fully saturated rings. The molecule has 0 radical (unpaired) electrons. The molecule has 134 valence electrons. The van der Waals surface area contributed by atoms with Gasteiger partial charge in [-0.15, -0.1) is 11.3 Å². The van der Waals surface area contributed by atoms with E-state index in [1.165, 1.54) is 12.3 Å². The fourth-order valence-corrected chi connectivity index (χ4v) is 3.35. The van der Waals surface area contributed by atoms with Gasteiger partial charge in [-0.05, 0) is 18.6 Å². The summed E-state index contributed by atoms with van der Waals surface area (Å²) in [5, 5.41) is 22.7. The molecule has 0 saturated heterocycles. The van der Waals surface area contributed by atoms with Crippen LogP contribution in [0.4, 0.5) is 11.4 Å². The average Bonchev–Trinajstić information content (AvgIpc) is 3.12. The normalized spacial score (nSPS) is 10.2. The van der Waals surface area contributed by atoms with E-state index in [1.54, 1.807) is 17.5 Å². The number of nitrogens with zero attached hydrogens (tertiary/aromatic N) is 1. The van der Waals surface area contributed by atoms with E-state index in [0.717, 1.165) is 16.9 Å². The molecule has 1 aromatic carbocycles. The minimum atomic E-state index is -0.569. The number of H-pyrrole nitrogens is 1. The average molecular weight is 377 g/mol. The Labute approximate surface area is 158 Å². The number of hydrogen-bond donors (Lipinski definition) is 4. The van der Waals surface area contributed by atoms with Crippen LogP contribution in [-0.4, -0.2) is 16.6 Å². The van der Waals surface area contributed by atoms with Gasteiger partial charge in [0.25, 0.3) is 11.5 Å². The lowest BCUT2D eigenvalue weighted by Gasteiger charge is -2.14. The predicted molar refractivity (Wildman–Crippen MR) is 105 cm³/mol. The number of aromatic amines is 1. The maximum atomic E-state index is 12.5. The first-order chi connectivity index (χ1) is 12.9. The number of nitrogens with two attached hydrogens (primary N) is 1. The number of carbonyl (C=O) groups is 1. The van der Waals surface area contributed by atoms with Crippen LogP contribution in [0.2, 0.25) is 0 Å². The number of anilines is 2. The SMILES string of the molecule is Cc1ccccc1C(=N)c1c(C#N)c[nH]c(=O)c1Nc1csc(C(N)=O)c1. The largest absolute Gasteiger partial charge is 0.365 e. The Hall–Kier alpha value is -3.70. The number of carbonyl (C=O) groups excluding carboxylic acids is 1. The quantitative estimate of drug-likeness (QED) is 0.508. The van der Waals surface area contributed by atoms with Crippen molar-refractivity contribution in [3.63, 3.8) is 0 Å². The Kier molecular flexibility index (Phi) is 4.88. The van der Waals surface area contributed by atoms with E-state index in [0.29, 0.717) is 16.1 Å². The highest BCUT2D eigenvalue weighted by molar-refractivity contribution is 7.12. The van der Waals surface area contributed by atoms with Crippen LogP contribution in [0.15, 0.2) is 46.7 Å². The van der Waals surface area contributed by atoms with Gasteiger partial charge in [0.2, 0.25) is 0 Å². The number of pyridine rings is 1. The molecule has 7 nitrogen and oxygen atoms in total. The molecular weight excluding hydrogens is 362 g/mol. The molecule has 0 aliphatic heterocycles. The molecule has 3 aromatic rings. The van der Waals surface area contributed by atoms with Crippen LogP contribution in [-0.2, 0) is 0 Å². The first-order valence-electron chi connectivity index (χ1n) is 7.88. The lowest BCUT2D eigenvalue weighted by molar-refractivity contribution is 0.100. The Bertz CT molecular complexity index is 1150. The van der Waals surface area contributed by atoms with Gasteiger partial charge in [-0.3, -0.25) is 15.0 Å². The summed E-state index contributed by atoms with van der Waals surface area (Å²) < 4.78 is 0. The van der Waals surface area contributed by atoms with Gasteiger partial charge >= 0.3 is 0 Å². The Morgan fingerprint density at radius 1 is 1.37 bits per heavy atom. The minimum absolute atomic E-state index is 0.0589. The molecule has 1 amide bonds. The lowest BCUT2D eigenvalue weighted by atomic mass is 9.95. The van der Waals surface area contributed by atoms with Gasteiger partial charge in [0.1, 0.15) is 11.8 Å². The van der Waals surface area contributed by atoms with E-state index >= 15 is 0 Å². The molecule has 0 unspecified atom stereocenters. The van der Waals surface area contributed by atoms with Crippen LogP contribution in [0.1, 0.15) is 31.9 Å². The molecule has 0 aliphatic carbocycles. The third-order valence-electron chi connectivity index (χ3n) is 3.99. The van der Waals surface area contributed by atoms with E-state index < -0.39 is 11.5 Å². The van der Waals surface area contributed by atoms with E-state index in [1.807, 2.05) is 25.1 Å². The monoisotopic (exact) mass is 377 g/mol. The van der Waals surface area contributed by atoms with Crippen LogP contribution >= 0.6 is 11.3 Å². The summed E-state index contributed by atoms with van der Waals surface area (Å²) in [5.41, 5.74) is 7.22. The smallest absolute Gasteiger partial charge is 0.272 e. The number of nitrogens with one attached hydrogen (secondary N) is 3. The van der Waals surface area contributed by atoms with Crippen molar-refractivity contribution >= 4 is 34.3 Å². The van der Waals surface area contributed by atoms with E-state index in [4.69, 9.17) is 11.1 Å². The Morgan fingerprint density at radius 2 is 2.11 bits per heavy atom. The Morgan fingerprint density at radius 3 is 2.74 bits per heavy atom. The van der Waals surface area contributed by atoms with E-state index in [-0.39, 0.29) is 22.5 Å². The number of primary amides is 1. The summed E-state index contributed by atoms with van der Waals surface area (Å²) in [5.74, 6) is -0.569. The summed E-state index contributed by atoms with van der Waals surface area (Å²) in [6, 6.07) is 10.8. The van der Waals surface area contributed by atoms with Crippen molar-refractivity contribution in [2.45, 2.75) is 6.92 Å². The fourth-order valence-electron chi connectivity index (χ4n) is 2.66. The summed E-state index contributed by atoms with van der Waals surface area (Å²) in [6.45, 7) is 1.86. The van der Waals surface area contributed by atoms with Crippen molar-refractivity contribution < 1.29 is 4.79 Å². The van der Waals surface area contributed by atoms with Gasteiger partial charge in [-0.1, -0.05) is 24.3 Å². The molecule has 3 rings (SSSR count). The number of nitriles is 1. The number of benzene rings is 1. The zero-order valence-electron chi connectivity index (χ0n) is 14.3. The van der Waals surface area contributed by atoms with Crippen LogP contribution in [0.25, 0.3) is 0 Å². The number of aromatic nitrogens is 1. The fraction of sp³-hybridized carbons (Fsp3) is 0.0526. The zero-order valence-corrected chi connectivity index (χ0v) is 15.1. The van der Waals surface area contributed by atoms with Crippen LogP contribution in [0.5, 0.6) is 0 Å². The topological polar surface area (TPSA) is 136 Å². The standard InChI is InChI=1S/C19H15N5O2S/c1-10-4-2-3-5-13(10)16(21)15-11(7-20)8-23-19(26)17(15)24-12-6-14(18(22)25)27-9-12/h2-6,8-9,21,24H,1H3,(H2,22,25)(H,23,26). The molecule has 8 heteroatoms. The van der Waals surface area contributed by atoms with Crippen molar-refractivity contribution in [1.29, 1.82) is 10.7 Å². The van der Waals surface area contributed by atoms with Crippen LogP contribution < -0.4 is 16.6 Å². The number of rotatable bonds is 5. The molecule has 0 spiro atoms. The second-order valence-corrected chi connectivity index (χ2v) is 6.68. The van der Waals surface area contributed by atoms with Crippen molar-refractivity contribution in [2.24, 2.45) is 5.73 Å². The first-order valence-corrected chi connectivity index (χ1v) is 8.76. The predicted octanol–water partition coefficient (Wildman–Crippen LogP) is 2.88. The molecule has 0 saturated carbocycles. The Balaban J connectivity index is 2.15. The van der Waals surface area contributed by atoms with Gasteiger partial charge in [-0.2, -0.15) is 5.26 Å². The molecule has 0 atom stereocenters. The maximum Gasteiger partial charge on any atom is 0.272 e. The highest BCUT2D eigenvalue weighted by Gasteiger charge is 2.20. The van der Waals surface area contributed by atoms with Crippen molar-refractivity contribution in [3.05, 3.63) is 79.4 Å².